The quantitative estimate of drug-likeness (QED) is 0.272. The van der Waals surface area contributed by atoms with Gasteiger partial charge in [0.15, 0.2) is 0 Å². The third-order valence-corrected chi connectivity index (χ3v) is 3.98. The van der Waals surface area contributed by atoms with Crippen molar-refractivity contribution in [2.24, 2.45) is 0 Å². The van der Waals surface area contributed by atoms with Crippen molar-refractivity contribution in [2.45, 2.75) is 50.3 Å². The summed E-state index contributed by atoms with van der Waals surface area (Å²) in [6.45, 7) is 2.21. The van der Waals surface area contributed by atoms with Crippen molar-refractivity contribution in [1.29, 1.82) is 0 Å². The first-order valence-electron chi connectivity index (χ1n) is 7.52. The minimum absolute atomic E-state index is 0.00733. The van der Waals surface area contributed by atoms with Crippen LogP contribution in [0.1, 0.15) is 54.9 Å². The molecule has 1 aromatic carbocycles. The molecule has 0 aliphatic heterocycles. The normalized spacial score (nSPS) is 11.9. The lowest BCUT2D eigenvalue weighted by Crippen LogP contribution is -2.04. The molecule has 0 bridgehead atoms. The third-order valence-electron chi connectivity index (χ3n) is 3.31. The SMILES string of the molecule is CCOC(=O)c1ccc(CCCCCCC(Br)C=O)cc1. The van der Waals surface area contributed by atoms with Crippen LogP contribution in [-0.2, 0) is 16.0 Å². The first kappa shape index (κ1) is 17.9. The van der Waals surface area contributed by atoms with Crippen LogP contribution in [0.15, 0.2) is 24.3 Å². The van der Waals surface area contributed by atoms with Gasteiger partial charge in [0, 0.05) is 0 Å². The van der Waals surface area contributed by atoms with Gasteiger partial charge in [-0.3, -0.25) is 0 Å². The molecule has 116 valence electrons. The summed E-state index contributed by atoms with van der Waals surface area (Å²) in [5, 5.41) is 0. The largest absolute Gasteiger partial charge is 0.462 e. The monoisotopic (exact) mass is 354 g/mol. The minimum Gasteiger partial charge on any atom is -0.462 e. The highest BCUT2D eigenvalue weighted by Gasteiger charge is 2.05. The summed E-state index contributed by atoms with van der Waals surface area (Å²) in [6.07, 6.45) is 7.41. The van der Waals surface area contributed by atoms with Gasteiger partial charge in [0.05, 0.1) is 17.0 Å². The van der Waals surface area contributed by atoms with E-state index >= 15 is 0 Å². The van der Waals surface area contributed by atoms with Crippen LogP contribution in [0.4, 0.5) is 0 Å². The Morgan fingerprint density at radius 3 is 2.48 bits per heavy atom. The Bertz CT molecular complexity index is 428. The topological polar surface area (TPSA) is 43.4 Å². The van der Waals surface area contributed by atoms with Crippen LogP contribution in [-0.4, -0.2) is 23.7 Å². The van der Waals surface area contributed by atoms with Gasteiger partial charge in [0.25, 0.3) is 0 Å². The highest BCUT2D eigenvalue weighted by atomic mass is 79.9. The summed E-state index contributed by atoms with van der Waals surface area (Å²) in [4.78, 5) is 22.0. The van der Waals surface area contributed by atoms with Crippen molar-refractivity contribution in [3.8, 4) is 0 Å². The fourth-order valence-electron chi connectivity index (χ4n) is 2.11. The second-order valence-corrected chi connectivity index (χ2v) is 6.20. The average Bonchev–Trinajstić information content (AvgIpc) is 2.51. The van der Waals surface area contributed by atoms with Gasteiger partial charge in [0.2, 0.25) is 0 Å². The second kappa shape index (κ2) is 10.6. The van der Waals surface area contributed by atoms with E-state index in [4.69, 9.17) is 4.74 Å². The second-order valence-electron chi connectivity index (χ2n) is 5.02. The van der Waals surface area contributed by atoms with Crippen LogP contribution in [0.25, 0.3) is 0 Å². The van der Waals surface area contributed by atoms with E-state index in [0.29, 0.717) is 12.2 Å². The van der Waals surface area contributed by atoms with Crippen LogP contribution in [0, 0.1) is 0 Å². The van der Waals surface area contributed by atoms with Crippen LogP contribution in [0.2, 0.25) is 0 Å². The van der Waals surface area contributed by atoms with E-state index < -0.39 is 0 Å². The third kappa shape index (κ3) is 7.42. The van der Waals surface area contributed by atoms with E-state index in [0.717, 1.165) is 44.8 Å². The van der Waals surface area contributed by atoms with Crippen molar-refractivity contribution >= 4 is 28.2 Å². The number of ether oxygens (including phenoxy) is 1. The van der Waals surface area contributed by atoms with Crippen LogP contribution in [0.5, 0.6) is 0 Å². The number of benzene rings is 1. The molecule has 1 unspecified atom stereocenters. The molecule has 0 saturated carbocycles. The molecular weight excluding hydrogens is 332 g/mol. The molecule has 0 saturated heterocycles. The zero-order valence-corrected chi connectivity index (χ0v) is 14.1. The van der Waals surface area contributed by atoms with Gasteiger partial charge in [-0.1, -0.05) is 47.3 Å². The molecule has 0 radical (unpaired) electrons. The lowest BCUT2D eigenvalue weighted by molar-refractivity contribution is -0.107. The molecule has 1 atom stereocenters. The molecular formula is C17H23BrO3. The molecule has 1 rings (SSSR count). The van der Waals surface area contributed by atoms with Crippen molar-refractivity contribution < 1.29 is 14.3 Å². The van der Waals surface area contributed by atoms with Gasteiger partial charge in [-0.25, -0.2) is 4.79 Å². The van der Waals surface area contributed by atoms with Crippen molar-refractivity contribution in [2.75, 3.05) is 6.61 Å². The van der Waals surface area contributed by atoms with Gasteiger partial charge >= 0.3 is 5.97 Å². The standard InChI is InChI=1S/C17H23BrO3/c1-2-21-17(20)15-11-9-14(10-12-15)7-5-3-4-6-8-16(18)13-19/h9-13,16H,2-8H2,1H3. The zero-order valence-electron chi connectivity index (χ0n) is 12.5. The molecule has 0 fully saturated rings. The van der Waals surface area contributed by atoms with E-state index in [-0.39, 0.29) is 10.8 Å². The molecule has 0 heterocycles. The Hall–Kier alpha value is -1.16. The summed E-state index contributed by atoms with van der Waals surface area (Å²) >= 11 is 3.31. The molecule has 0 aromatic heterocycles. The van der Waals surface area contributed by atoms with Crippen LogP contribution < -0.4 is 0 Å². The van der Waals surface area contributed by atoms with Gasteiger partial charge in [0.1, 0.15) is 6.29 Å². The highest BCUT2D eigenvalue weighted by Crippen LogP contribution is 2.13. The summed E-state index contributed by atoms with van der Waals surface area (Å²) in [6, 6.07) is 7.64. The van der Waals surface area contributed by atoms with Gasteiger partial charge in [-0.05, 0) is 43.9 Å². The van der Waals surface area contributed by atoms with Crippen molar-refractivity contribution in [1.82, 2.24) is 0 Å². The van der Waals surface area contributed by atoms with Gasteiger partial charge in [-0.2, -0.15) is 0 Å². The molecule has 0 spiro atoms. The Morgan fingerprint density at radius 2 is 1.86 bits per heavy atom. The predicted octanol–water partition coefficient (Wildman–Crippen LogP) is 4.32. The average molecular weight is 355 g/mol. The zero-order chi connectivity index (χ0) is 15.5. The van der Waals surface area contributed by atoms with Crippen LogP contribution >= 0.6 is 15.9 Å². The molecule has 4 heteroatoms. The lowest BCUT2D eigenvalue weighted by atomic mass is 10.0. The van der Waals surface area contributed by atoms with Crippen molar-refractivity contribution in [3.63, 3.8) is 0 Å². The number of aryl methyl sites for hydroxylation is 1. The Kier molecular flexibility index (Phi) is 8.99. The Labute approximate surface area is 135 Å². The lowest BCUT2D eigenvalue weighted by Gasteiger charge is -2.05. The number of carbonyl (C=O) groups excluding carboxylic acids is 2. The number of carbonyl (C=O) groups is 2. The first-order chi connectivity index (χ1) is 10.2. The minimum atomic E-state index is -0.261. The number of aldehydes is 1. The van der Waals surface area contributed by atoms with E-state index in [1.54, 1.807) is 6.92 Å². The maximum absolute atomic E-state index is 11.5. The number of hydrogen-bond acceptors (Lipinski definition) is 3. The number of halogens is 1. The fraction of sp³-hybridized carbons (Fsp3) is 0.529. The highest BCUT2D eigenvalue weighted by molar-refractivity contribution is 9.09. The maximum Gasteiger partial charge on any atom is 0.338 e. The molecule has 0 aliphatic rings. The number of hydrogen-bond donors (Lipinski definition) is 0. The van der Waals surface area contributed by atoms with Crippen molar-refractivity contribution in [3.05, 3.63) is 35.4 Å². The Balaban J connectivity index is 2.21. The molecule has 21 heavy (non-hydrogen) atoms. The summed E-state index contributed by atoms with van der Waals surface area (Å²) in [5.41, 5.74) is 1.85. The fourth-order valence-corrected chi connectivity index (χ4v) is 2.44. The van der Waals surface area contributed by atoms with E-state index in [9.17, 15) is 9.59 Å². The molecule has 0 amide bonds. The van der Waals surface area contributed by atoms with E-state index in [2.05, 4.69) is 15.9 Å². The summed E-state index contributed by atoms with van der Waals surface area (Å²) in [5.74, 6) is -0.261. The number of alkyl halides is 1. The van der Waals surface area contributed by atoms with Crippen LogP contribution in [0.3, 0.4) is 0 Å². The van der Waals surface area contributed by atoms with E-state index in [1.807, 2.05) is 24.3 Å². The number of esters is 1. The smallest absolute Gasteiger partial charge is 0.338 e. The van der Waals surface area contributed by atoms with E-state index in [1.165, 1.54) is 5.56 Å². The first-order valence-corrected chi connectivity index (χ1v) is 8.44. The molecule has 1 aromatic rings. The molecule has 3 nitrogen and oxygen atoms in total. The summed E-state index contributed by atoms with van der Waals surface area (Å²) in [7, 11) is 0. The van der Waals surface area contributed by atoms with Gasteiger partial charge in [-0.15, -0.1) is 0 Å². The van der Waals surface area contributed by atoms with Gasteiger partial charge < -0.3 is 9.53 Å². The predicted molar refractivity (Wildman–Crippen MR) is 88.0 cm³/mol. The number of rotatable bonds is 10. The number of unbranched alkanes of at least 4 members (excludes halogenated alkanes) is 3. The summed E-state index contributed by atoms with van der Waals surface area (Å²) < 4.78 is 4.95. The Morgan fingerprint density at radius 1 is 1.19 bits per heavy atom. The maximum atomic E-state index is 11.5. The molecule has 0 aliphatic carbocycles. The molecule has 0 N–H and O–H groups in total.